The van der Waals surface area contributed by atoms with Crippen molar-refractivity contribution in [3.05, 3.63) is 0 Å². The van der Waals surface area contributed by atoms with Crippen LogP contribution in [0.3, 0.4) is 0 Å². The molecular weight excluding hydrogens is 195 g/mol. The Hall–Kier alpha value is 0.960. The zero-order valence-corrected chi connectivity index (χ0v) is 9.43. The molecule has 1 unspecified atom stereocenters. The molecule has 0 aromatic heterocycles. The van der Waals surface area contributed by atoms with Crippen molar-refractivity contribution in [1.29, 1.82) is 0 Å². The van der Waals surface area contributed by atoms with Gasteiger partial charge in [0.1, 0.15) is 5.47 Å². The lowest BCUT2D eigenvalue weighted by atomic mass is 10.0. The van der Waals surface area contributed by atoms with Crippen LogP contribution in [0.1, 0.15) is 32.1 Å². The second-order valence-electron chi connectivity index (χ2n) is 3.04. The van der Waals surface area contributed by atoms with E-state index in [0.29, 0.717) is 5.66 Å². The maximum Gasteiger partial charge on any atom is 0.119 e. The van der Waals surface area contributed by atoms with Gasteiger partial charge in [0.15, 0.2) is 0 Å². The van der Waals surface area contributed by atoms with Crippen LogP contribution in [-0.4, -0.2) is 12.8 Å². The van der Waals surface area contributed by atoms with Crippen molar-refractivity contribution in [1.82, 2.24) is 0 Å². The molecule has 1 saturated carbocycles. The van der Waals surface area contributed by atoms with Gasteiger partial charge in [-0.15, -0.1) is 12.2 Å². The third kappa shape index (κ3) is 2.73. The monoisotopic (exact) mass is 210 g/mol. The second kappa shape index (κ2) is 4.27. The van der Waals surface area contributed by atoms with Crippen molar-refractivity contribution >= 4 is 29.5 Å². The molecule has 1 aliphatic rings. The first-order chi connectivity index (χ1) is 5.17. The van der Waals surface area contributed by atoms with Crippen molar-refractivity contribution in [2.45, 2.75) is 37.8 Å². The topological polar surface area (TPSA) is 9.23 Å². The van der Waals surface area contributed by atoms with E-state index in [1.54, 1.807) is 7.11 Å². The van der Waals surface area contributed by atoms with Gasteiger partial charge >= 0.3 is 0 Å². The summed E-state index contributed by atoms with van der Waals surface area (Å²) in [6.07, 6.45) is 6.45. The minimum absolute atomic E-state index is 0.583. The summed E-state index contributed by atoms with van der Waals surface area (Å²) in [6, 6.07) is 0. The van der Waals surface area contributed by atoms with Crippen LogP contribution in [0.5, 0.6) is 0 Å². The number of thiol groups is 1. The summed E-state index contributed by atoms with van der Waals surface area (Å²) in [5, 5.41) is 0. The quantitative estimate of drug-likeness (QED) is 0.553. The third-order valence-electron chi connectivity index (χ3n) is 2.30. The molecule has 66 valence electrons. The molecular formula is C7H15OPS2. The van der Waals surface area contributed by atoms with Gasteiger partial charge in [0, 0.05) is 12.8 Å². The van der Waals surface area contributed by atoms with Crippen LogP contribution >= 0.6 is 17.7 Å². The average Bonchev–Trinajstić information content (AvgIpc) is 2.06. The van der Waals surface area contributed by atoms with Crippen LogP contribution in [0.15, 0.2) is 0 Å². The van der Waals surface area contributed by atoms with Gasteiger partial charge in [-0.3, -0.25) is 0 Å². The fraction of sp³-hybridized carbons (Fsp3) is 1.00. The normalized spacial score (nSPS) is 26.4. The Morgan fingerprint density at radius 3 is 2.36 bits per heavy atom. The number of hydrogen-bond acceptors (Lipinski definition) is 2. The lowest BCUT2D eigenvalue weighted by Crippen LogP contribution is -2.11. The van der Waals surface area contributed by atoms with E-state index in [1.807, 2.05) is 0 Å². The Morgan fingerprint density at radius 2 is 1.91 bits per heavy atom. The van der Waals surface area contributed by atoms with Crippen LogP contribution in [-0.2, 0) is 16.3 Å². The third-order valence-corrected chi connectivity index (χ3v) is 7.07. The Morgan fingerprint density at radius 1 is 1.36 bits per heavy atom. The van der Waals surface area contributed by atoms with Crippen molar-refractivity contribution in [3.63, 3.8) is 0 Å². The minimum atomic E-state index is -1.72. The van der Waals surface area contributed by atoms with E-state index in [0.717, 1.165) is 0 Å². The fourth-order valence-electron chi connectivity index (χ4n) is 1.56. The van der Waals surface area contributed by atoms with Gasteiger partial charge in [-0.1, -0.05) is 31.1 Å². The summed E-state index contributed by atoms with van der Waals surface area (Å²) >= 11 is 9.75. The zero-order chi connectivity index (χ0) is 8.32. The van der Waals surface area contributed by atoms with Crippen LogP contribution < -0.4 is 0 Å². The first kappa shape index (κ1) is 10.0. The van der Waals surface area contributed by atoms with Crippen molar-refractivity contribution in [3.8, 4) is 0 Å². The van der Waals surface area contributed by atoms with Gasteiger partial charge in [-0.25, -0.2) is 0 Å². The molecule has 0 aromatic carbocycles. The molecule has 0 aromatic rings. The van der Waals surface area contributed by atoms with E-state index in [-0.39, 0.29) is 0 Å². The lowest BCUT2D eigenvalue weighted by molar-refractivity contribution is 0.434. The number of rotatable bonds is 2. The molecule has 0 radical (unpaired) electrons. The van der Waals surface area contributed by atoms with Crippen molar-refractivity contribution in [2.24, 2.45) is 0 Å². The molecule has 0 aliphatic heterocycles. The molecule has 1 nitrogen and oxygen atoms in total. The predicted molar refractivity (Wildman–Crippen MR) is 57.2 cm³/mol. The standard InChI is InChI=1S/C7H15OPS2/c1-8-9(10,11)7-5-3-2-4-6-7/h7H,2-6H2,1H3,(H,10,11). The van der Waals surface area contributed by atoms with E-state index in [2.05, 4.69) is 12.2 Å². The lowest BCUT2D eigenvalue weighted by Gasteiger charge is -2.28. The van der Waals surface area contributed by atoms with Gasteiger partial charge in [-0.2, -0.15) is 0 Å². The summed E-state index contributed by atoms with van der Waals surface area (Å²) < 4.78 is 5.27. The summed E-state index contributed by atoms with van der Waals surface area (Å²) in [6.45, 7) is 0. The molecule has 1 aliphatic carbocycles. The smallest absolute Gasteiger partial charge is 0.119 e. The van der Waals surface area contributed by atoms with Crippen LogP contribution in [0, 0.1) is 0 Å². The number of hydrogen-bond donors (Lipinski definition) is 1. The largest absolute Gasteiger partial charge is 0.345 e. The van der Waals surface area contributed by atoms with E-state index in [4.69, 9.17) is 16.3 Å². The van der Waals surface area contributed by atoms with Gasteiger partial charge in [0.25, 0.3) is 0 Å². The first-order valence-corrected chi connectivity index (χ1v) is 7.99. The molecule has 11 heavy (non-hydrogen) atoms. The summed E-state index contributed by atoms with van der Waals surface area (Å²) in [4.78, 5) is 0. The maximum absolute atomic E-state index is 5.32. The highest BCUT2D eigenvalue weighted by Crippen LogP contribution is 2.60. The second-order valence-corrected chi connectivity index (χ2v) is 9.48. The Balaban J connectivity index is 2.51. The van der Waals surface area contributed by atoms with E-state index in [9.17, 15) is 0 Å². The zero-order valence-electron chi connectivity index (χ0n) is 6.82. The summed E-state index contributed by atoms with van der Waals surface area (Å²) in [5.74, 6) is 0. The molecule has 1 fully saturated rings. The molecule has 0 spiro atoms. The van der Waals surface area contributed by atoms with Crippen molar-refractivity contribution in [2.75, 3.05) is 7.11 Å². The van der Waals surface area contributed by atoms with Crippen LogP contribution in [0.2, 0.25) is 0 Å². The highest BCUT2D eigenvalue weighted by molar-refractivity contribution is 8.62. The van der Waals surface area contributed by atoms with Crippen molar-refractivity contribution < 1.29 is 4.52 Å². The molecule has 0 amide bonds. The van der Waals surface area contributed by atoms with E-state index in [1.165, 1.54) is 32.1 Å². The molecule has 0 N–H and O–H groups in total. The first-order valence-electron chi connectivity index (χ1n) is 4.05. The summed E-state index contributed by atoms with van der Waals surface area (Å²) in [7, 11) is 1.70. The van der Waals surface area contributed by atoms with Crippen LogP contribution in [0.25, 0.3) is 0 Å². The maximum atomic E-state index is 5.32. The molecule has 0 bridgehead atoms. The van der Waals surface area contributed by atoms with Gasteiger partial charge in [0.05, 0.1) is 0 Å². The average molecular weight is 210 g/mol. The van der Waals surface area contributed by atoms with Gasteiger partial charge in [0.2, 0.25) is 0 Å². The molecule has 1 atom stereocenters. The highest BCUT2D eigenvalue weighted by atomic mass is 32.9. The van der Waals surface area contributed by atoms with E-state index >= 15 is 0 Å². The molecule has 4 heteroatoms. The Labute approximate surface area is 79.1 Å². The van der Waals surface area contributed by atoms with Crippen LogP contribution in [0.4, 0.5) is 0 Å². The minimum Gasteiger partial charge on any atom is -0.345 e. The fourth-order valence-corrected chi connectivity index (χ4v) is 4.20. The molecule has 1 rings (SSSR count). The molecule has 0 saturated heterocycles. The Bertz CT molecular complexity index is 166. The van der Waals surface area contributed by atoms with E-state index < -0.39 is 5.47 Å². The highest BCUT2D eigenvalue weighted by Gasteiger charge is 2.26. The molecule has 0 heterocycles. The Kier molecular flexibility index (Phi) is 3.90. The van der Waals surface area contributed by atoms with Gasteiger partial charge < -0.3 is 4.52 Å². The predicted octanol–water partition coefficient (Wildman–Crippen LogP) is 3.20. The SMILES string of the molecule is COP(=S)(S)C1CCCCC1. The van der Waals surface area contributed by atoms with Gasteiger partial charge in [-0.05, 0) is 12.8 Å². The summed E-state index contributed by atoms with van der Waals surface area (Å²) in [5.41, 5.74) is -1.14.